The van der Waals surface area contributed by atoms with Crippen molar-refractivity contribution >= 4 is 28.8 Å². The number of rotatable bonds is 5. The van der Waals surface area contributed by atoms with E-state index in [1.54, 1.807) is 31.4 Å². The number of carbonyl (C=O) groups is 2. The molecule has 0 radical (unpaired) electrons. The summed E-state index contributed by atoms with van der Waals surface area (Å²) < 4.78 is 5.50. The molecule has 1 aliphatic heterocycles. The molecule has 0 saturated carbocycles. The number of nitrogens with zero attached hydrogens (tertiary/aromatic N) is 1. The number of anilines is 2. The molecule has 0 unspecified atom stereocenters. The summed E-state index contributed by atoms with van der Waals surface area (Å²) in [5.74, 6) is -0.244. The number of para-hydroxylation sites is 1. The van der Waals surface area contributed by atoms with Crippen molar-refractivity contribution in [3.8, 4) is 5.75 Å². The average Bonchev–Trinajstić information content (AvgIpc) is 3.01. The first-order valence-corrected chi connectivity index (χ1v) is 10.1. The Balaban J connectivity index is 1.88. The molecular formula is C26H24N2O3. The molecule has 2 amide bonds. The molecule has 0 spiro atoms. The average molecular weight is 412 g/mol. The van der Waals surface area contributed by atoms with E-state index in [0.29, 0.717) is 22.6 Å². The number of amides is 2. The third-order valence-corrected chi connectivity index (χ3v) is 5.62. The molecule has 1 aliphatic rings. The number of hydrogen-bond acceptors (Lipinski definition) is 4. The van der Waals surface area contributed by atoms with Gasteiger partial charge in [-0.05, 0) is 56.2 Å². The van der Waals surface area contributed by atoms with Crippen LogP contribution >= 0.6 is 0 Å². The van der Waals surface area contributed by atoms with E-state index in [0.717, 1.165) is 22.4 Å². The smallest absolute Gasteiger partial charge is 0.282 e. The number of nitrogens with one attached hydrogen (secondary N) is 1. The van der Waals surface area contributed by atoms with Gasteiger partial charge in [0.05, 0.1) is 18.4 Å². The second-order valence-corrected chi connectivity index (χ2v) is 7.60. The topological polar surface area (TPSA) is 58.6 Å². The Morgan fingerprint density at radius 3 is 2.23 bits per heavy atom. The lowest BCUT2D eigenvalue weighted by Gasteiger charge is -2.16. The molecular weight excluding hydrogens is 388 g/mol. The molecule has 31 heavy (non-hydrogen) atoms. The fourth-order valence-corrected chi connectivity index (χ4v) is 3.70. The van der Waals surface area contributed by atoms with Gasteiger partial charge in [0, 0.05) is 11.3 Å². The van der Waals surface area contributed by atoms with Gasteiger partial charge in [-0.1, -0.05) is 48.0 Å². The van der Waals surface area contributed by atoms with E-state index in [9.17, 15) is 9.59 Å². The van der Waals surface area contributed by atoms with Gasteiger partial charge in [-0.25, -0.2) is 4.90 Å². The van der Waals surface area contributed by atoms with Crippen molar-refractivity contribution < 1.29 is 14.3 Å². The Morgan fingerprint density at radius 2 is 1.52 bits per heavy atom. The molecule has 156 valence electrons. The van der Waals surface area contributed by atoms with Crippen molar-refractivity contribution in [3.63, 3.8) is 0 Å². The van der Waals surface area contributed by atoms with E-state index in [4.69, 9.17) is 4.74 Å². The van der Waals surface area contributed by atoms with Gasteiger partial charge in [-0.2, -0.15) is 0 Å². The summed E-state index contributed by atoms with van der Waals surface area (Å²) in [4.78, 5) is 28.3. The quantitative estimate of drug-likeness (QED) is 0.598. The predicted molar refractivity (Wildman–Crippen MR) is 123 cm³/mol. The third-order valence-electron chi connectivity index (χ3n) is 5.62. The highest BCUT2D eigenvalue weighted by molar-refractivity contribution is 6.46. The van der Waals surface area contributed by atoms with Gasteiger partial charge in [0.2, 0.25) is 0 Å². The minimum Gasteiger partial charge on any atom is -0.496 e. The highest BCUT2D eigenvalue weighted by Crippen LogP contribution is 2.37. The third kappa shape index (κ3) is 3.59. The number of imide groups is 1. The van der Waals surface area contributed by atoms with Crippen LogP contribution in [0.2, 0.25) is 0 Å². The summed E-state index contributed by atoms with van der Waals surface area (Å²) in [7, 11) is 1.55. The fraction of sp³-hybridized carbons (Fsp3) is 0.154. The number of hydrogen-bond donors (Lipinski definition) is 1. The number of methoxy groups -OCH3 is 1. The maximum Gasteiger partial charge on any atom is 0.282 e. The SMILES string of the molecule is COc1ccccc1C1=C(Nc2cccc(C)c2C)C(=O)N(c2ccc(C)cc2)C1=O. The standard InChI is InChI=1S/C26H24N2O3/c1-16-12-14-19(15-13-16)28-25(29)23(20-9-5-6-11-22(20)31-4)24(26(28)30)27-21-10-7-8-17(2)18(21)3/h5-15,27H,1-4H3. The summed E-state index contributed by atoms with van der Waals surface area (Å²) >= 11 is 0. The lowest BCUT2D eigenvalue weighted by molar-refractivity contribution is -0.120. The molecule has 0 saturated heterocycles. The molecule has 5 heteroatoms. The van der Waals surface area contributed by atoms with Crippen molar-refractivity contribution in [1.29, 1.82) is 0 Å². The monoisotopic (exact) mass is 412 g/mol. The second-order valence-electron chi connectivity index (χ2n) is 7.60. The van der Waals surface area contributed by atoms with Crippen molar-refractivity contribution in [2.24, 2.45) is 0 Å². The van der Waals surface area contributed by atoms with Crippen molar-refractivity contribution in [2.75, 3.05) is 17.3 Å². The molecule has 0 atom stereocenters. The van der Waals surface area contributed by atoms with E-state index < -0.39 is 5.91 Å². The Kier molecular flexibility index (Phi) is 5.34. The van der Waals surface area contributed by atoms with Crippen LogP contribution in [0.4, 0.5) is 11.4 Å². The Morgan fingerprint density at radius 1 is 0.806 bits per heavy atom. The number of benzene rings is 3. The van der Waals surface area contributed by atoms with Crippen LogP contribution in [0.3, 0.4) is 0 Å². The number of ether oxygens (including phenoxy) is 1. The largest absolute Gasteiger partial charge is 0.496 e. The molecule has 4 rings (SSSR count). The zero-order chi connectivity index (χ0) is 22.1. The van der Waals surface area contributed by atoms with E-state index in [1.165, 1.54) is 4.90 Å². The van der Waals surface area contributed by atoms with Gasteiger partial charge in [0.1, 0.15) is 11.4 Å². The predicted octanol–water partition coefficient (Wildman–Crippen LogP) is 5.02. The molecule has 0 aliphatic carbocycles. The molecule has 1 heterocycles. The number of aryl methyl sites for hydroxylation is 2. The van der Waals surface area contributed by atoms with E-state index >= 15 is 0 Å². The van der Waals surface area contributed by atoms with Crippen molar-refractivity contribution in [2.45, 2.75) is 20.8 Å². The van der Waals surface area contributed by atoms with Crippen LogP contribution in [0.15, 0.2) is 72.4 Å². The lowest BCUT2D eigenvalue weighted by Crippen LogP contribution is -2.32. The molecule has 3 aromatic rings. The van der Waals surface area contributed by atoms with Gasteiger partial charge in [0.25, 0.3) is 11.8 Å². The molecule has 0 bridgehead atoms. The van der Waals surface area contributed by atoms with Crippen LogP contribution < -0.4 is 15.0 Å². The van der Waals surface area contributed by atoms with Gasteiger partial charge in [-0.15, -0.1) is 0 Å². The first-order chi connectivity index (χ1) is 14.9. The molecule has 5 nitrogen and oxygen atoms in total. The van der Waals surface area contributed by atoms with Crippen LogP contribution in [-0.2, 0) is 9.59 Å². The summed E-state index contributed by atoms with van der Waals surface area (Å²) in [5.41, 5.74) is 5.59. The molecule has 0 aromatic heterocycles. The van der Waals surface area contributed by atoms with Gasteiger partial charge >= 0.3 is 0 Å². The first-order valence-electron chi connectivity index (χ1n) is 10.1. The van der Waals surface area contributed by atoms with Crippen LogP contribution in [0, 0.1) is 20.8 Å². The van der Waals surface area contributed by atoms with Gasteiger partial charge < -0.3 is 10.1 Å². The Bertz CT molecular complexity index is 1210. The molecule has 1 N–H and O–H groups in total. The van der Waals surface area contributed by atoms with Crippen molar-refractivity contribution in [1.82, 2.24) is 0 Å². The summed E-state index contributed by atoms with van der Waals surface area (Å²) in [6.07, 6.45) is 0. The zero-order valence-electron chi connectivity index (χ0n) is 18.0. The van der Waals surface area contributed by atoms with E-state index in [-0.39, 0.29) is 11.6 Å². The molecule has 3 aromatic carbocycles. The normalized spacial score (nSPS) is 13.7. The Hall–Kier alpha value is -3.86. The fourth-order valence-electron chi connectivity index (χ4n) is 3.70. The maximum absolute atomic E-state index is 13.6. The van der Waals surface area contributed by atoms with Crippen LogP contribution in [0.1, 0.15) is 22.3 Å². The minimum atomic E-state index is -0.393. The Labute approximate surface area is 182 Å². The van der Waals surface area contributed by atoms with E-state index in [1.807, 2.05) is 63.2 Å². The van der Waals surface area contributed by atoms with E-state index in [2.05, 4.69) is 5.32 Å². The van der Waals surface area contributed by atoms with Crippen molar-refractivity contribution in [3.05, 3.63) is 94.7 Å². The second kappa shape index (κ2) is 8.11. The van der Waals surface area contributed by atoms with Gasteiger partial charge in [-0.3, -0.25) is 9.59 Å². The minimum absolute atomic E-state index is 0.240. The van der Waals surface area contributed by atoms with Crippen LogP contribution in [-0.4, -0.2) is 18.9 Å². The van der Waals surface area contributed by atoms with Crippen LogP contribution in [0.5, 0.6) is 5.75 Å². The summed E-state index contributed by atoms with van der Waals surface area (Å²) in [6.45, 7) is 5.96. The first kappa shape index (κ1) is 20.4. The van der Waals surface area contributed by atoms with Crippen LogP contribution in [0.25, 0.3) is 5.57 Å². The lowest BCUT2D eigenvalue weighted by atomic mass is 10.0. The highest BCUT2D eigenvalue weighted by atomic mass is 16.5. The number of carbonyl (C=O) groups excluding carboxylic acids is 2. The van der Waals surface area contributed by atoms with Gasteiger partial charge in [0.15, 0.2) is 0 Å². The summed E-state index contributed by atoms with van der Waals surface area (Å²) in [5, 5.41) is 3.25. The molecule has 0 fully saturated rings. The maximum atomic E-state index is 13.6. The highest BCUT2D eigenvalue weighted by Gasteiger charge is 2.41. The zero-order valence-corrected chi connectivity index (χ0v) is 18.0. The summed E-state index contributed by atoms with van der Waals surface area (Å²) in [6, 6.07) is 20.4.